The number of hydrogen-bond acceptors (Lipinski definition) is 5. The molecule has 134 valence electrons. The lowest BCUT2D eigenvalue weighted by molar-refractivity contribution is -0.115. The van der Waals surface area contributed by atoms with Gasteiger partial charge in [0.25, 0.3) is 11.1 Å². The Hall–Kier alpha value is -1.71. The molecule has 0 atom stereocenters. The Bertz CT molecular complexity index is 916. The maximum absolute atomic E-state index is 11.7. The van der Waals surface area contributed by atoms with Gasteiger partial charge in [-0.3, -0.25) is 14.9 Å². The molecule has 5 nitrogen and oxygen atoms in total. The molecule has 1 N–H and O–H groups in total. The number of ether oxygens (including phenoxy) is 2. The molecule has 2 aromatic carbocycles. The summed E-state index contributed by atoms with van der Waals surface area (Å²) in [6.07, 6.45) is 1.65. The number of carbonyl (C=O) groups is 2. The summed E-state index contributed by atoms with van der Waals surface area (Å²) in [5.74, 6) is 0.730. The van der Waals surface area contributed by atoms with E-state index in [1.807, 2.05) is 30.3 Å². The standard InChI is InChI=1S/C18H13ClINO4S/c1-24-14-7-10(8-15-17(22)21-18(23)26-15)6-13(20)16(14)25-9-11-4-2-3-5-12(11)19/h2-8H,9H2,1H3,(H,21,22,23)/b15-8-. The number of benzene rings is 2. The van der Waals surface area contributed by atoms with E-state index in [9.17, 15) is 9.59 Å². The molecule has 1 aliphatic rings. The Morgan fingerprint density at radius 1 is 1.27 bits per heavy atom. The highest BCUT2D eigenvalue weighted by Gasteiger charge is 2.25. The van der Waals surface area contributed by atoms with Crippen molar-refractivity contribution in [2.45, 2.75) is 6.61 Å². The first-order valence-electron chi connectivity index (χ1n) is 7.46. The van der Waals surface area contributed by atoms with Gasteiger partial charge in [-0.25, -0.2) is 0 Å². The van der Waals surface area contributed by atoms with E-state index >= 15 is 0 Å². The molecule has 0 bridgehead atoms. The van der Waals surface area contributed by atoms with Gasteiger partial charge in [-0.15, -0.1) is 0 Å². The number of hydrogen-bond donors (Lipinski definition) is 1. The van der Waals surface area contributed by atoms with E-state index in [-0.39, 0.29) is 5.24 Å². The highest BCUT2D eigenvalue weighted by Crippen LogP contribution is 2.36. The molecular weight excluding hydrogens is 489 g/mol. The van der Waals surface area contributed by atoms with Gasteiger partial charge >= 0.3 is 0 Å². The third kappa shape index (κ3) is 4.33. The Morgan fingerprint density at radius 3 is 2.69 bits per heavy atom. The lowest BCUT2D eigenvalue weighted by Gasteiger charge is -2.14. The zero-order valence-corrected chi connectivity index (χ0v) is 17.3. The molecule has 1 aliphatic heterocycles. The van der Waals surface area contributed by atoms with Crippen LogP contribution in [0.15, 0.2) is 41.3 Å². The zero-order valence-electron chi connectivity index (χ0n) is 13.5. The van der Waals surface area contributed by atoms with E-state index < -0.39 is 5.91 Å². The summed E-state index contributed by atoms with van der Waals surface area (Å²) in [5.41, 5.74) is 1.61. The first-order valence-corrected chi connectivity index (χ1v) is 9.74. The highest BCUT2D eigenvalue weighted by molar-refractivity contribution is 14.1. The third-order valence-electron chi connectivity index (χ3n) is 3.52. The molecule has 8 heteroatoms. The summed E-state index contributed by atoms with van der Waals surface area (Å²) in [6.45, 7) is 0.305. The second-order valence-electron chi connectivity index (χ2n) is 5.27. The molecule has 0 unspecified atom stereocenters. The maximum Gasteiger partial charge on any atom is 0.290 e. The van der Waals surface area contributed by atoms with Crippen LogP contribution in [0.25, 0.3) is 6.08 Å². The lowest BCUT2D eigenvalue weighted by Crippen LogP contribution is -2.17. The van der Waals surface area contributed by atoms with Crippen molar-refractivity contribution < 1.29 is 19.1 Å². The van der Waals surface area contributed by atoms with Crippen LogP contribution in [0.1, 0.15) is 11.1 Å². The number of nitrogens with one attached hydrogen (secondary N) is 1. The zero-order chi connectivity index (χ0) is 18.7. The third-order valence-corrected chi connectivity index (χ3v) is 5.50. The van der Waals surface area contributed by atoms with Gasteiger partial charge in [-0.05, 0) is 64.2 Å². The quantitative estimate of drug-likeness (QED) is 0.468. The SMILES string of the molecule is COc1cc(/C=C2\SC(=O)NC2=O)cc(I)c1OCc1ccccc1Cl. The van der Waals surface area contributed by atoms with Crippen LogP contribution in [0.5, 0.6) is 11.5 Å². The van der Waals surface area contributed by atoms with E-state index in [0.717, 1.165) is 26.5 Å². The molecular formula is C18H13ClINO4S. The van der Waals surface area contributed by atoms with E-state index in [4.69, 9.17) is 21.1 Å². The number of carbonyl (C=O) groups excluding carboxylic acids is 2. The molecule has 0 aliphatic carbocycles. The second kappa shape index (κ2) is 8.32. The van der Waals surface area contributed by atoms with Crippen molar-refractivity contribution in [3.05, 3.63) is 61.0 Å². The lowest BCUT2D eigenvalue weighted by atomic mass is 10.2. The summed E-state index contributed by atoms with van der Waals surface area (Å²) >= 11 is 9.18. The van der Waals surface area contributed by atoms with Crippen molar-refractivity contribution in [2.75, 3.05) is 7.11 Å². The van der Waals surface area contributed by atoms with E-state index in [1.165, 1.54) is 0 Å². The van der Waals surface area contributed by atoms with E-state index in [2.05, 4.69) is 27.9 Å². The number of imide groups is 1. The van der Waals surface area contributed by atoms with Crippen LogP contribution < -0.4 is 14.8 Å². The van der Waals surface area contributed by atoms with Crippen molar-refractivity contribution in [3.63, 3.8) is 0 Å². The monoisotopic (exact) mass is 501 g/mol. The first-order chi connectivity index (χ1) is 12.5. The van der Waals surface area contributed by atoms with Crippen LogP contribution in [0.4, 0.5) is 4.79 Å². The van der Waals surface area contributed by atoms with E-state index in [0.29, 0.717) is 28.0 Å². The average Bonchev–Trinajstić information content (AvgIpc) is 2.92. The van der Waals surface area contributed by atoms with Gasteiger partial charge in [0.15, 0.2) is 11.5 Å². The Kier molecular flexibility index (Phi) is 6.10. The number of amides is 2. The molecule has 1 heterocycles. The predicted octanol–water partition coefficient (Wildman–Crippen LogP) is 4.86. The minimum absolute atomic E-state index is 0.305. The van der Waals surface area contributed by atoms with Crippen molar-refractivity contribution in [1.82, 2.24) is 5.32 Å². The van der Waals surface area contributed by atoms with Crippen LogP contribution in [0.3, 0.4) is 0 Å². The fraction of sp³-hybridized carbons (Fsp3) is 0.111. The molecule has 0 aromatic heterocycles. The van der Waals surface area contributed by atoms with Gasteiger partial charge < -0.3 is 9.47 Å². The Balaban J connectivity index is 1.86. The molecule has 0 spiro atoms. The number of halogens is 2. The summed E-state index contributed by atoms with van der Waals surface area (Å²) in [6, 6.07) is 11.1. The Morgan fingerprint density at radius 2 is 2.04 bits per heavy atom. The molecule has 1 fully saturated rings. The first kappa shape index (κ1) is 19.1. The summed E-state index contributed by atoms with van der Waals surface area (Å²) < 4.78 is 12.2. The fourth-order valence-corrected chi connectivity index (χ4v) is 3.95. The topological polar surface area (TPSA) is 64.6 Å². The molecule has 0 radical (unpaired) electrons. The summed E-state index contributed by atoms with van der Waals surface area (Å²) in [7, 11) is 1.55. The van der Waals surface area contributed by atoms with Crippen LogP contribution in [-0.2, 0) is 11.4 Å². The minimum Gasteiger partial charge on any atom is -0.493 e. The Labute approximate surface area is 173 Å². The predicted molar refractivity (Wildman–Crippen MR) is 111 cm³/mol. The number of thioether (sulfide) groups is 1. The number of methoxy groups -OCH3 is 1. The summed E-state index contributed by atoms with van der Waals surface area (Å²) in [5, 5.41) is 2.50. The smallest absolute Gasteiger partial charge is 0.290 e. The van der Waals surface area contributed by atoms with Crippen LogP contribution in [0, 0.1) is 3.57 Å². The average molecular weight is 502 g/mol. The fourth-order valence-electron chi connectivity index (χ4n) is 2.30. The van der Waals surface area contributed by atoms with Crippen molar-refractivity contribution in [3.8, 4) is 11.5 Å². The second-order valence-corrected chi connectivity index (χ2v) is 7.85. The summed E-state index contributed by atoms with van der Waals surface area (Å²) in [4.78, 5) is 23.3. The highest BCUT2D eigenvalue weighted by atomic mass is 127. The van der Waals surface area contributed by atoms with Gasteiger partial charge in [-0.1, -0.05) is 29.8 Å². The van der Waals surface area contributed by atoms with Crippen molar-refractivity contribution in [2.24, 2.45) is 0 Å². The molecule has 1 saturated heterocycles. The van der Waals surface area contributed by atoms with Crippen LogP contribution in [0.2, 0.25) is 5.02 Å². The van der Waals surface area contributed by atoms with E-state index in [1.54, 1.807) is 19.3 Å². The van der Waals surface area contributed by atoms with Gasteiger partial charge in [0, 0.05) is 10.6 Å². The minimum atomic E-state index is -0.395. The molecule has 0 saturated carbocycles. The normalized spacial score (nSPS) is 15.3. The molecule has 3 rings (SSSR count). The van der Waals surface area contributed by atoms with Gasteiger partial charge in [-0.2, -0.15) is 0 Å². The maximum atomic E-state index is 11.7. The van der Waals surface area contributed by atoms with Gasteiger partial charge in [0.05, 0.1) is 15.6 Å². The molecule has 2 amide bonds. The van der Waals surface area contributed by atoms with Crippen LogP contribution in [-0.4, -0.2) is 18.3 Å². The van der Waals surface area contributed by atoms with Crippen molar-refractivity contribution >= 4 is 63.2 Å². The van der Waals surface area contributed by atoms with Crippen LogP contribution >= 0.6 is 46.0 Å². The largest absolute Gasteiger partial charge is 0.493 e. The molecule has 2 aromatic rings. The number of rotatable bonds is 5. The van der Waals surface area contributed by atoms with Gasteiger partial charge in [0.2, 0.25) is 0 Å². The molecule has 26 heavy (non-hydrogen) atoms. The van der Waals surface area contributed by atoms with Crippen molar-refractivity contribution in [1.29, 1.82) is 0 Å². The van der Waals surface area contributed by atoms with Gasteiger partial charge in [0.1, 0.15) is 6.61 Å².